The molecular weight excluding hydrogens is 472 g/mol. The number of benzene rings is 1. The molecule has 0 saturated heterocycles. The van der Waals surface area contributed by atoms with Gasteiger partial charge in [-0.05, 0) is 44.4 Å². The zero-order chi connectivity index (χ0) is 25.7. The number of carbonyl (C=O) groups is 2. The maximum atomic E-state index is 12.7. The van der Waals surface area contributed by atoms with Crippen LogP contribution in [-0.4, -0.2) is 49.9 Å². The number of carbonyl (C=O) groups excluding carboxylic acids is 1. The summed E-state index contributed by atoms with van der Waals surface area (Å²) in [6.07, 6.45) is 5.37. The van der Waals surface area contributed by atoms with E-state index in [1.165, 1.54) is 19.4 Å². The molecule has 0 radical (unpaired) electrons. The van der Waals surface area contributed by atoms with E-state index in [9.17, 15) is 14.7 Å². The molecule has 1 atom stereocenters. The molecular formula is C24H29ClN6O4. The van der Waals surface area contributed by atoms with Gasteiger partial charge >= 0.3 is 5.97 Å². The third kappa shape index (κ3) is 6.48. The van der Waals surface area contributed by atoms with E-state index in [2.05, 4.69) is 25.7 Å². The first kappa shape index (κ1) is 26.0. The average Bonchev–Trinajstić information content (AvgIpc) is 3.30. The van der Waals surface area contributed by atoms with E-state index in [4.69, 9.17) is 16.3 Å². The zero-order valence-electron chi connectivity index (χ0n) is 20.2. The van der Waals surface area contributed by atoms with Gasteiger partial charge in [-0.1, -0.05) is 25.4 Å². The van der Waals surface area contributed by atoms with Crippen LogP contribution in [0.1, 0.15) is 50.5 Å². The summed E-state index contributed by atoms with van der Waals surface area (Å²) in [7, 11) is 1.47. The van der Waals surface area contributed by atoms with E-state index >= 15 is 0 Å². The van der Waals surface area contributed by atoms with E-state index in [0.29, 0.717) is 28.6 Å². The molecule has 10 nitrogen and oxygen atoms in total. The van der Waals surface area contributed by atoms with Crippen molar-refractivity contribution in [3.63, 3.8) is 0 Å². The minimum atomic E-state index is -1.08. The fourth-order valence-electron chi connectivity index (χ4n) is 3.36. The van der Waals surface area contributed by atoms with Gasteiger partial charge < -0.3 is 20.5 Å². The van der Waals surface area contributed by atoms with E-state index in [1.807, 2.05) is 38.6 Å². The van der Waals surface area contributed by atoms with E-state index in [1.54, 1.807) is 18.3 Å². The van der Waals surface area contributed by atoms with Crippen LogP contribution in [0.2, 0.25) is 5.02 Å². The van der Waals surface area contributed by atoms with Crippen molar-refractivity contribution in [2.24, 2.45) is 5.92 Å². The van der Waals surface area contributed by atoms with Gasteiger partial charge in [0.15, 0.2) is 0 Å². The Hall–Kier alpha value is -3.66. The Balaban J connectivity index is 1.82. The highest BCUT2D eigenvalue weighted by molar-refractivity contribution is 6.32. The topological polar surface area (TPSA) is 131 Å². The van der Waals surface area contributed by atoms with Crippen LogP contribution >= 0.6 is 11.6 Å². The van der Waals surface area contributed by atoms with Gasteiger partial charge in [-0.3, -0.25) is 9.48 Å². The highest BCUT2D eigenvalue weighted by Gasteiger charge is 2.22. The summed E-state index contributed by atoms with van der Waals surface area (Å²) in [5.74, 6) is -0.829. The number of carboxylic acid groups (broad SMARTS) is 1. The average molecular weight is 501 g/mol. The molecule has 0 aliphatic heterocycles. The van der Waals surface area contributed by atoms with Crippen molar-refractivity contribution in [3.8, 4) is 17.0 Å². The molecule has 1 aromatic carbocycles. The summed E-state index contributed by atoms with van der Waals surface area (Å²) < 4.78 is 7.25. The summed E-state index contributed by atoms with van der Waals surface area (Å²) in [5, 5.41) is 19.8. The molecule has 35 heavy (non-hydrogen) atoms. The number of anilines is 2. The van der Waals surface area contributed by atoms with Gasteiger partial charge in [0.25, 0.3) is 5.91 Å². The summed E-state index contributed by atoms with van der Waals surface area (Å²) in [6.45, 7) is 7.83. The number of aliphatic carboxylic acids is 1. The lowest BCUT2D eigenvalue weighted by molar-refractivity contribution is -0.139. The van der Waals surface area contributed by atoms with Crippen molar-refractivity contribution in [1.82, 2.24) is 25.1 Å². The molecule has 2 aromatic heterocycles. The van der Waals surface area contributed by atoms with E-state index in [0.717, 1.165) is 5.56 Å². The number of nitrogens with zero attached hydrogens (tertiary/aromatic N) is 4. The van der Waals surface area contributed by atoms with E-state index in [-0.39, 0.29) is 23.5 Å². The predicted molar refractivity (Wildman–Crippen MR) is 133 cm³/mol. The number of ether oxygens (including phenoxy) is 1. The van der Waals surface area contributed by atoms with Gasteiger partial charge in [-0.15, -0.1) is 0 Å². The number of methoxy groups -OCH3 is 1. The van der Waals surface area contributed by atoms with Gasteiger partial charge in [0.1, 0.15) is 11.8 Å². The first-order chi connectivity index (χ1) is 16.6. The normalized spacial score (nSPS) is 12.0. The number of halogens is 1. The molecule has 2 heterocycles. The second kappa shape index (κ2) is 11.2. The Labute approximate surface area is 208 Å². The Morgan fingerprint density at radius 1 is 1.20 bits per heavy atom. The van der Waals surface area contributed by atoms with E-state index < -0.39 is 17.9 Å². The van der Waals surface area contributed by atoms with Crippen LogP contribution in [0, 0.1) is 5.92 Å². The SMILES string of the molecule is COc1cc(C(=O)NC(CC(C)C)C(=O)O)ccc1Nc1ncc(Cl)c(-c2cnn(C(C)C)c2)n1. The molecule has 0 fully saturated rings. The number of aromatic nitrogens is 4. The zero-order valence-corrected chi connectivity index (χ0v) is 21.0. The molecule has 1 amide bonds. The van der Waals surface area contributed by atoms with Crippen molar-refractivity contribution in [2.75, 3.05) is 12.4 Å². The number of amides is 1. The van der Waals surface area contributed by atoms with Gasteiger partial charge in [-0.25, -0.2) is 14.8 Å². The van der Waals surface area contributed by atoms with Crippen LogP contribution in [0.3, 0.4) is 0 Å². The van der Waals surface area contributed by atoms with Gasteiger partial charge in [0.05, 0.1) is 35.9 Å². The molecule has 0 spiro atoms. The molecule has 0 saturated carbocycles. The molecule has 1 unspecified atom stereocenters. The van der Waals surface area contributed by atoms with Crippen LogP contribution < -0.4 is 15.4 Å². The Morgan fingerprint density at radius 2 is 1.94 bits per heavy atom. The molecule has 0 aliphatic carbocycles. The molecule has 0 aliphatic rings. The molecule has 11 heteroatoms. The number of hydrogen-bond donors (Lipinski definition) is 3. The molecule has 3 aromatic rings. The lowest BCUT2D eigenvalue weighted by Gasteiger charge is -2.17. The fourth-order valence-corrected chi connectivity index (χ4v) is 3.56. The van der Waals surface area contributed by atoms with Gasteiger partial charge in [0, 0.05) is 23.4 Å². The van der Waals surface area contributed by atoms with Crippen LogP contribution in [-0.2, 0) is 4.79 Å². The molecule has 0 bridgehead atoms. The highest BCUT2D eigenvalue weighted by atomic mass is 35.5. The summed E-state index contributed by atoms with van der Waals surface area (Å²) >= 11 is 6.33. The first-order valence-corrected chi connectivity index (χ1v) is 11.5. The largest absolute Gasteiger partial charge is 0.495 e. The van der Waals surface area contributed by atoms with Gasteiger partial charge in [0.2, 0.25) is 5.95 Å². The monoisotopic (exact) mass is 500 g/mol. The van der Waals surface area contributed by atoms with Crippen LogP contribution in [0.5, 0.6) is 5.75 Å². The second-order valence-corrected chi connectivity index (χ2v) is 9.13. The minimum absolute atomic E-state index is 0.112. The second-order valence-electron chi connectivity index (χ2n) is 8.73. The Kier molecular flexibility index (Phi) is 8.29. The quantitative estimate of drug-likeness (QED) is 0.369. The summed E-state index contributed by atoms with van der Waals surface area (Å²) in [4.78, 5) is 32.9. The summed E-state index contributed by atoms with van der Waals surface area (Å²) in [5.41, 5.74) is 2.06. The number of rotatable bonds is 10. The standard InChI is InChI=1S/C24H29ClN6O4/c1-13(2)8-19(23(33)34)28-22(32)15-6-7-18(20(9-15)35-5)29-24-26-11-17(25)21(30-24)16-10-27-31(12-16)14(3)4/h6-7,9-14,19H,8H2,1-5H3,(H,28,32)(H,33,34)(H,26,29,30). The molecule has 3 N–H and O–H groups in total. The maximum absolute atomic E-state index is 12.7. The molecule has 3 rings (SSSR count). The number of carboxylic acids is 1. The van der Waals surface area contributed by atoms with Crippen LogP contribution in [0.4, 0.5) is 11.6 Å². The maximum Gasteiger partial charge on any atom is 0.326 e. The van der Waals surface area contributed by atoms with Gasteiger partial charge in [-0.2, -0.15) is 5.10 Å². The number of hydrogen-bond acceptors (Lipinski definition) is 7. The van der Waals surface area contributed by atoms with Crippen molar-refractivity contribution >= 4 is 35.1 Å². The van der Waals surface area contributed by atoms with Crippen LogP contribution in [0.25, 0.3) is 11.3 Å². The minimum Gasteiger partial charge on any atom is -0.495 e. The molecule has 186 valence electrons. The Bertz CT molecular complexity index is 1210. The number of nitrogens with one attached hydrogen (secondary N) is 2. The highest BCUT2D eigenvalue weighted by Crippen LogP contribution is 2.31. The van der Waals surface area contributed by atoms with Crippen LogP contribution in [0.15, 0.2) is 36.8 Å². The lowest BCUT2D eigenvalue weighted by Crippen LogP contribution is -2.41. The summed E-state index contributed by atoms with van der Waals surface area (Å²) in [6, 6.07) is 3.94. The third-order valence-corrected chi connectivity index (χ3v) is 5.45. The van der Waals surface area contributed by atoms with Crippen molar-refractivity contribution in [2.45, 2.75) is 46.2 Å². The lowest BCUT2D eigenvalue weighted by atomic mass is 10.0. The fraction of sp³-hybridized carbons (Fsp3) is 0.375. The predicted octanol–water partition coefficient (Wildman–Crippen LogP) is 4.56. The van der Waals surface area contributed by atoms with Crippen molar-refractivity contribution < 1.29 is 19.4 Å². The van der Waals surface area contributed by atoms with Crippen molar-refractivity contribution in [1.29, 1.82) is 0 Å². The van der Waals surface area contributed by atoms with Crippen molar-refractivity contribution in [3.05, 3.63) is 47.4 Å². The smallest absolute Gasteiger partial charge is 0.326 e. The first-order valence-electron chi connectivity index (χ1n) is 11.1. The third-order valence-electron chi connectivity index (χ3n) is 5.17. The Morgan fingerprint density at radius 3 is 2.54 bits per heavy atom.